The number of carbonyl (C=O) groups is 2. The van der Waals surface area contributed by atoms with Gasteiger partial charge in [0, 0.05) is 29.4 Å². The maximum Gasteiger partial charge on any atom is 0.255 e. The smallest absolute Gasteiger partial charge is 0.255 e. The average molecular weight is 388 g/mol. The van der Waals surface area contributed by atoms with Crippen LogP contribution in [-0.2, 0) is 4.79 Å². The highest BCUT2D eigenvalue weighted by atomic mass is 16.2. The summed E-state index contributed by atoms with van der Waals surface area (Å²) in [6, 6.07) is 14.9. The Bertz CT molecular complexity index is 985. The number of aromatic nitrogens is 2. The molecule has 4 rings (SSSR count). The fourth-order valence-electron chi connectivity index (χ4n) is 2.71. The molecule has 2 heterocycles. The van der Waals surface area contributed by atoms with E-state index in [1.54, 1.807) is 24.5 Å². The Morgan fingerprint density at radius 3 is 2.41 bits per heavy atom. The second-order valence-electron chi connectivity index (χ2n) is 6.48. The summed E-state index contributed by atoms with van der Waals surface area (Å²) in [5.74, 6) is 0.137. The van der Waals surface area contributed by atoms with Crippen LogP contribution in [-0.4, -0.2) is 21.8 Å². The zero-order valence-corrected chi connectivity index (χ0v) is 16.6. The molecule has 0 saturated heterocycles. The third-order valence-corrected chi connectivity index (χ3v) is 4.32. The molecule has 2 aromatic heterocycles. The lowest BCUT2D eigenvalue weighted by molar-refractivity contribution is -0.117. The Balaban J connectivity index is 0.00000117. The van der Waals surface area contributed by atoms with Crippen LogP contribution in [0, 0.1) is 5.92 Å². The second kappa shape index (κ2) is 9.59. The van der Waals surface area contributed by atoms with Crippen molar-refractivity contribution in [1.29, 1.82) is 0 Å². The molecular weight excluding hydrogens is 364 g/mol. The van der Waals surface area contributed by atoms with E-state index in [0.29, 0.717) is 17.1 Å². The number of hydrogen-bond acceptors (Lipinski definition) is 4. The first-order chi connectivity index (χ1) is 14.2. The van der Waals surface area contributed by atoms with Crippen LogP contribution in [0.3, 0.4) is 0 Å². The van der Waals surface area contributed by atoms with E-state index in [2.05, 4.69) is 20.6 Å². The first-order valence-corrected chi connectivity index (χ1v) is 9.78. The summed E-state index contributed by atoms with van der Waals surface area (Å²) in [4.78, 5) is 32.7. The van der Waals surface area contributed by atoms with E-state index >= 15 is 0 Å². The van der Waals surface area contributed by atoms with Gasteiger partial charge in [-0.15, -0.1) is 0 Å². The number of carbonyl (C=O) groups excluding carboxylic acids is 2. The number of benzene rings is 1. The Kier molecular flexibility index (Phi) is 6.68. The topological polar surface area (TPSA) is 84.0 Å². The number of nitrogens with zero attached hydrogens (tertiary/aromatic N) is 2. The fraction of sp³-hybridized carbons (Fsp3) is 0.217. The fourth-order valence-corrected chi connectivity index (χ4v) is 2.71. The Labute approximate surface area is 170 Å². The van der Waals surface area contributed by atoms with Gasteiger partial charge in [-0.2, -0.15) is 0 Å². The van der Waals surface area contributed by atoms with E-state index in [0.717, 1.165) is 24.0 Å². The van der Waals surface area contributed by atoms with Crippen molar-refractivity contribution in [1.82, 2.24) is 9.97 Å². The van der Waals surface area contributed by atoms with Crippen LogP contribution in [0.25, 0.3) is 11.1 Å². The van der Waals surface area contributed by atoms with E-state index in [1.807, 2.05) is 50.2 Å². The molecule has 0 spiro atoms. The summed E-state index contributed by atoms with van der Waals surface area (Å²) in [5.41, 5.74) is 2.96. The molecule has 2 amide bonds. The van der Waals surface area contributed by atoms with Crippen molar-refractivity contribution in [3.8, 4) is 11.1 Å². The Morgan fingerprint density at radius 2 is 1.69 bits per heavy atom. The molecule has 29 heavy (non-hydrogen) atoms. The molecular formula is C23H24N4O2. The third kappa shape index (κ3) is 5.48. The van der Waals surface area contributed by atoms with Crippen LogP contribution in [0.1, 0.15) is 37.0 Å². The standard InChI is InChI=1S/C21H18N4O2.C2H6/c26-20(15-6-7-15)25-19-11-16(8-9-23-19)21(27)24-18-10-17(12-22-13-18)14-4-2-1-3-5-14;1-2/h1-5,8-13,15H,6-7H2,(H,24,27)(H,23,25,26);1-2H3. The molecule has 148 valence electrons. The highest BCUT2D eigenvalue weighted by molar-refractivity contribution is 6.05. The van der Waals surface area contributed by atoms with Gasteiger partial charge in [0.1, 0.15) is 5.82 Å². The van der Waals surface area contributed by atoms with E-state index in [9.17, 15) is 9.59 Å². The van der Waals surface area contributed by atoms with Gasteiger partial charge < -0.3 is 10.6 Å². The number of pyridine rings is 2. The van der Waals surface area contributed by atoms with Gasteiger partial charge >= 0.3 is 0 Å². The third-order valence-electron chi connectivity index (χ3n) is 4.32. The highest BCUT2D eigenvalue weighted by Gasteiger charge is 2.29. The Morgan fingerprint density at radius 1 is 0.931 bits per heavy atom. The predicted molar refractivity (Wildman–Crippen MR) is 115 cm³/mol. The summed E-state index contributed by atoms with van der Waals surface area (Å²) in [6.45, 7) is 4.00. The molecule has 1 fully saturated rings. The first-order valence-electron chi connectivity index (χ1n) is 9.78. The number of rotatable bonds is 5. The van der Waals surface area contributed by atoms with Gasteiger partial charge in [-0.1, -0.05) is 44.2 Å². The summed E-state index contributed by atoms with van der Waals surface area (Å²) in [7, 11) is 0. The maximum atomic E-state index is 12.6. The number of nitrogens with one attached hydrogen (secondary N) is 2. The molecule has 1 aliphatic rings. The maximum absolute atomic E-state index is 12.6. The monoisotopic (exact) mass is 388 g/mol. The van der Waals surface area contributed by atoms with Gasteiger partial charge in [-0.25, -0.2) is 4.98 Å². The van der Waals surface area contributed by atoms with Gasteiger partial charge in [0.2, 0.25) is 5.91 Å². The molecule has 1 aliphatic carbocycles. The zero-order valence-electron chi connectivity index (χ0n) is 16.6. The van der Waals surface area contributed by atoms with Crippen molar-refractivity contribution >= 4 is 23.3 Å². The van der Waals surface area contributed by atoms with Crippen LogP contribution in [0.5, 0.6) is 0 Å². The van der Waals surface area contributed by atoms with Gasteiger partial charge in [-0.3, -0.25) is 14.6 Å². The molecule has 0 atom stereocenters. The SMILES string of the molecule is CC.O=C(Nc1cncc(-c2ccccc2)c1)c1ccnc(NC(=O)C2CC2)c1. The summed E-state index contributed by atoms with van der Waals surface area (Å²) in [6.07, 6.45) is 6.69. The van der Waals surface area contributed by atoms with Crippen LogP contribution < -0.4 is 10.6 Å². The quantitative estimate of drug-likeness (QED) is 0.659. The van der Waals surface area contributed by atoms with Crippen LogP contribution >= 0.6 is 0 Å². The van der Waals surface area contributed by atoms with Gasteiger partial charge in [0.05, 0.1) is 11.9 Å². The molecule has 2 N–H and O–H groups in total. The summed E-state index contributed by atoms with van der Waals surface area (Å²) < 4.78 is 0. The Hall–Kier alpha value is -3.54. The van der Waals surface area contributed by atoms with E-state index in [4.69, 9.17) is 0 Å². The van der Waals surface area contributed by atoms with Gasteiger partial charge in [-0.05, 0) is 36.6 Å². The summed E-state index contributed by atoms with van der Waals surface area (Å²) in [5, 5.41) is 5.59. The van der Waals surface area contributed by atoms with Crippen molar-refractivity contribution in [3.63, 3.8) is 0 Å². The van der Waals surface area contributed by atoms with Gasteiger partial charge in [0.25, 0.3) is 5.91 Å². The largest absolute Gasteiger partial charge is 0.321 e. The number of amides is 2. The van der Waals surface area contributed by atoms with E-state index in [1.165, 1.54) is 6.20 Å². The minimum atomic E-state index is -0.286. The van der Waals surface area contributed by atoms with Gasteiger partial charge in [0.15, 0.2) is 0 Å². The minimum absolute atomic E-state index is 0.0418. The molecule has 6 heteroatoms. The van der Waals surface area contributed by atoms with Crippen molar-refractivity contribution in [2.24, 2.45) is 5.92 Å². The molecule has 0 unspecified atom stereocenters. The lowest BCUT2D eigenvalue weighted by Crippen LogP contribution is -2.16. The molecule has 0 aliphatic heterocycles. The lowest BCUT2D eigenvalue weighted by Gasteiger charge is -2.09. The molecule has 1 saturated carbocycles. The van der Waals surface area contributed by atoms with Crippen LogP contribution in [0.4, 0.5) is 11.5 Å². The first kappa shape index (κ1) is 20.2. The van der Waals surface area contributed by atoms with Crippen LogP contribution in [0.15, 0.2) is 67.1 Å². The van der Waals surface area contributed by atoms with Crippen LogP contribution in [0.2, 0.25) is 0 Å². The van der Waals surface area contributed by atoms with Crippen molar-refractivity contribution in [3.05, 3.63) is 72.7 Å². The average Bonchev–Trinajstić information content (AvgIpc) is 3.62. The van der Waals surface area contributed by atoms with E-state index < -0.39 is 0 Å². The van der Waals surface area contributed by atoms with Crippen molar-refractivity contribution in [2.75, 3.05) is 10.6 Å². The molecule has 0 radical (unpaired) electrons. The normalized spacial score (nSPS) is 12.3. The number of anilines is 2. The molecule has 0 bridgehead atoms. The number of hydrogen-bond donors (Lipinski definition) is 2. The van der Waals surface area contributed by atoms with Crippen molar-refractivity contribution < 1.29 is 9.59 Å². The van der Waals surface area contributed by atoms with Crippen molar-refractivity contribution in [2.45, 2.75) is 26.7 Å². The zero-order chi connectivity index (χ0) is 20.6. The molecule has 1 aromatic carbocycles. The highest BCUT2D eigenvalue weighted by Crippen LogP contribution is 2.30. The molecule has 3 aromatic rings. The molecule has 6 nitrogen and oxygen atoms in total. The minimum Gasteiger partial charge on any atom is -0.321 e. The second-order valence-corrected chi connectivity index (χ2v) is 6.48. The van der Waals surface area contributed by atoms with E-state index in [-0.39, 0.29) is 17.7 Å². The predicted octanol–water partition coefficient (Wildman–Crippen LogP) is 4.77. The summed E-state index contributed by atoms with van der Waals surface area (Å²) >= 11 is 0. The lowest BCUT2D eigenvalue weighted by atomic mass is 10.1.